The van der Waals surface area contributed by atoms with Gasteiger partial charge in [0.15, 0.2) is 5.69 Å². The van der Waals surface area contributed by atoms with Gasteiger partial charge < -0.3 is 15.7 Å². The van der Waals surface area contributed by atoms with E-state index in [9.17, 15) is 9.59 Å². The van der Waals surface area contributed by atoms with Gasteiger partial charge in [-0.3, -0.25) is 9.59 Å². The number of carbonyl (C=O) groups excluding carboxylic acids is 2. The highest BCUT2D eigenvalue weighted by atomic mass is 79.9. The third-order valence-electron chi connectivity index (χ3n) is 3.57. The van der Waals surface area contributed by atoms with Crippen molar-refractivity contribution in [2.75, 3.05) is 5.32 Å². The summed E-state index contributed by atoms with van der Waals surface area (Å²) >= 11 is 9.40. The number of primary amides is 1. The monoisotopic (exact) mass is 444 g/mol. The SMILES string of the molecule is [B]Oc1cccc(-n2nc(C(N)=O)cc2NC(=O)c2cc(Br)ccc2Cl)c1. The van der Waals surface area contributed by atoms with Crippen LogP contribution in [0.1, 0.15) is 20.8 Å². The van der Waals surface area contributed by atoms with Gasteiger partial charge in [-0.15, -0.1) is 0 Å². The molecule has 0 atom stereocenters. The van der Waals surface area contributed by atoms with Crippen LogP contribution in [0.15, 0.2) is 53.0 Å². The van der Waals surface area contributed by atoms with Crippen LogP contribution in [-0.2, 0) is 0 Å². The lowest BCUT2D eigenvalue weighted by atomic mass is 10.2. The Balaban J connectivity index is 2.02. The van der Waals surface area contributed by atoms with E-state index in [0.717, 1.165) is 0 Å². The van der Waals surface area contributed by atoms with Crippen LogP contribution in [0.25, 0.3) is 5.69 Å². The fourth-order valence-corrected chi connectivity index (χ4v) is 2.90. The van der Waals surface area contributed by atoms with E-state index < -0.39 is 11.8 Å². The fraction of sp³-hybridized carbons (Fsp3) is 0. The first-order chi connectivity index (χ1) is 12.9. The second kappa shape index (κ2) is 7.85. The Kier molecular flexibility index (Phi) is 5.52. The molecule has 1 aromatic heterocycles. The predicted octanol–water partition coefficient (Wildman–Crippen LogP) is 3.10. The maximum absolute atomic E-state index is 12.7. The lowest BCUT2D eigenvalue weighted by Crippen LogP contribution is -2.15. The minimum atomic E-state index is -0.740. The van der Waals surface area contributed by atoms with Crippen LogP contribution >= 0.6 is 27.5 Å². The van der Waals surface area contributed by atoms with Gasteiger partial charge in [0, 0.05) is 16.6 Å². The normalized spacial score (nSPS) is 10.4. The number of hydrogen-bond acceptors (Lipinski definition) is 4. The number of nitrogens with two attached hydrogens (primary N) is 1. The molecule has 27 heavy (non-hydrogen) atoms. The van der Waals surface area contributed by atoms with Gasteiger partial charge in [0.2, 0.25) is 0 Å². The van der Waals surface area contributed by atoms with E-state index >= 15 is 0 Å². The quantitative estimate of drug-likeness (QED) is 0.590. The highest BCUT2D eigenvalue weighted by Gasteiger charge is 2.18. The van der Waals surface area contributed by atoms with Gasteiger partial charge >= 0.3 is 8.05 Å². The fourth-order valence-electron chi connectivity index (χ4n) is 2.33. The van der Waals surface area contributed by atoms with Crippen molar-refractivity contribution < 1.29 is 14.2 Å². The number of halogens is 2. The van der Waals surface area contributed by atoms with Crippen LogP contribution in [0.3, 0.4) is 0 Å². The van der Waals surface area contributed by atoms with E-state index in [1.54, 1.807) is 42.5 Å². The molecule has 2 radical (unpaired) electrons. The molecule has 3 rings (SSSR count). The molecule has 0 spiro atoms. The molecule has 0 aliphatic carbocycles. The molecule has 2 amide bonds. The molecule has 0 aliphatic rings. The molecule has 10 heteroatoms. The zero-order valence-electron chi connectivity index (χ0n) is 13.6. The molecule has 134 valence electrons. The highest BCUT2D eigenvalue weighted by molar-refractivity contribution is 9.10. The molecule has 3 N–H and O–H groups in total. The van der Waals surface area contributed by atoms with Gasteiger partial charge in [0.1, 0.15) is 5.82 Å². The van der Waals surface area contributed by atoms with Gasteiger partial charge in [-0.25, -0.2) is 4.68 Å². The Bertz CT molecular complexity index is 1040. The number of amides is 2. The van der Waals surface area contributed by atoms with Crippen molar-refractivity contribution in [3.8, 4) is 11.4 Å². The Morgan fingerprint density at radius 1 is 1.22 bits per heavy atom. The Morgan fingerprint density at radius 3 is 2.70 bits per heavy atom. The summed E-state index contributed by atoms with van der Waals surface area (Å²) in [7, 11) is 5.18. The van der Waals surface area contributed by atoms with Crippen LogP contribution in [-0.4, -0.2) is 29.6 Å². The van der Waals surface area contributed by atoms with Crippen LogP contribution in [0, 0.1) is 0 Å². The second-order valence-corrected chi connectivity index (χ2v) is 6.71. The molecular weight excluding hydrogens is 434 g/mol. The number of benzene rings is 2. The first-order valence-corrected chi connectivity index (χ1v) is 8.69. The van der Waals surface area contributed by atoms with Gasteiger partial charge in [-0.05, 0) is 30.3 Å². The van der Waals surface area contributed by atoms with Crippen molar-refractivity contribution in [2.45, 2.75) is 0 Å². The molecule has 0 aliphatic heterocycles. The third kappa shape index (κ3) is 4.15. The Hall–Kier alpha value is -2.78. The molecule has 1 heterocycles. The second-order valence-electron chi connectivity index (χ2n) is 5.38. The largest absolute Gasteiger partial charge is 0.568 e. The number of rotatable bonds is 5. The van der Waals surface area contributed by atoms with Gasteiger partial charge in [0.25, 0.3) is 11.8 Å². The smallest absolute Gasteiger partial charge is 0.374 e. The summed E-state index contributed by atoms with van der Waals surface area (Å²) < 4.78 is 6.74. The highest BCUT2D eigenvalue weighted by Crippen LogP contribution is 2.24. The van der Waals surface area contributed by atoms with Gasteiger partial charge in [-0.1, -0.05) is 33.6 Å². The summed E-state index contributed by atoms with van der Waals surface area (Å²) in [4.78, 5) is 24.2. The number of carbonyl (C=O) groups is 2. The topological polar surface area (TPSA) is 99.2 Å². The summed E-state index contributed by atoms with van der Waals surface area (Å²) in [5, 5.41) is 7.09. The van der Waals surface area contributed by atoms with Crippen molar-refractivity contribution in [1.82, 2.24) is 9.78 Å². The molecule has 7 nitrogen and oxygen atoms in total. The summed E-state index contributed by atoms with van der Waals surface area (Å²) in [5.41, 5.74) is 6.04. The minimum absolute atomic E-state index is 0.0234. The van der Waals surface area contributed by atoms with E-state index in [1.165, 1.54) is 10.7 Å². The number of aromatic nitrogens is 2. The number of nitrogens with zero attached hydrogens (tertiary/aromatic N) is 2. The molecule has 3 aromatic rings. The van der Waals surface area contributed by atoms with E-state index in [0.29, 0.717) is 15.9 Å². The van der Waals surface area contributed by atoms with Crippen molar-refractivity contribution in [1.29, 1.82) is 0 Å². The lowest BCUT2D eigenvalue weighted by Gasteiger charge is -2.11. The number of anilines is 1. The molecular formula is C17H11BBrClN4O3. The predicted molar refractivity (Wildman–Crippen MR) is 106 cm³/mol. The van der Waals surface area contributed by atoms with Crippen LogP contribution in [0.4, 0.5) is 5.82 Å². The standard InChI is InChI=1S/C17H11BBrClN4O3/c18-27-11-3-1-2-10(7-11)24-15(8-14(23-24)16(21)25)22-17(26)12-6-9(19)4-5-13(12)20/h1-8H,(H2,21,25)(H,22,26). The summed E-state index contributed by atoms with van der Waals surface area (Å²) in [6, 6.07) is 12.9. The zero-order chi connectivity index (χ0) is 19.6. The molecule has 2 aromatic carbocycles. The third-order valence-corrected chi connectivity index (χ3v) is 4.40. The Labute approximate surface area is 169 Å². The molecule has 0 bridgehead atoms. The number of hydrogen-bond donors (Lipinski definition) is 2. The number of nitrogens with one attached hydrogen (secondary N) is 1. The van der Waals surface area contributed by atoms with Crippen molar-refractivity contribution in [3.63, 3.8) is 0 Å². The minimum Gasteiger partial charge on any atom is -0.568 e. The van der Waals surface area contributed by atoms with Crippen molar-refractivity contribution in [2.24, 2.45) is 5.73 Å². The summed E-state index contributed by atoms with van der Waals surface area (Å²) in [5.74, 6) is -0.629. The zero-order valence-corrected chi connectivity index (χ0v) is 16.0. The average Bonchev–Trinajstić information content (AvgIpc) is 3.07. The molecule has 0 saturated heterocycles. The first-order valence-electron chi connectivity index (χ1n) is 7.52. The molecule has 0 fully saturated rings. The first kappa shape index (κ1) is 19.0. The van der Waals surface area contributed by atoms with E-state index in [2.05, 4.69) is 26.3 Å². The van der Waals surface area contributed by atoms with Crippen LogP contribution in [0.2, 0.25) is 5.02 Å². The van der Waals surface area contributed by atoms with Crippen LogP contribution in [0.5, 0.6) is 5.75 Å². The maximum atomic E-state index is 12.7. The molecule has 0 unspecified atom stereocenters. The van der Waals surface area contributed by atoms with E-state index in [1.807, 2.05) is 0 Å². The van der Waals surface area contributed by atoms with Gasteiger partial charge in [0.05, 0.1) is 22.0 Å². The van der Waals surface area contributed by atoms with Crippen molar-refractivity contribution in [3.05, 3.63) is 69.3 Å². The van der Waals surface area contributed by atoms with E-state index in [-0.39, 0.29) is 22.1 Å². The molecule has 0 saturated carbocycles. The summed E-state index contributed by atoms with van der Waals surface area (Å²) in [6.45, 7) is 0. The van der Waals surface area contributed by atoms with Gasteiger partial charge in [-0.2, -0.15) is 5.10 Å². The lowest BCUT2D eigenvalue weighted by molar-refractivity contribution is 0.0992. The Morgan fingerprint density at radius 2 is 2.00 bits per heavy atom. The van der Waals surface area contributed by atoms with Crippen molar-refractivity contribution >= 4 is 53.2 Å². The van der Waals surface area contributed by atoms with E-state index in [4.69, 9.17) is 30.0 Å². The summed E-state index contributed by atoms with van der Waals surface area (Å²) in [6.07, 6.45) is 0. The average molecular weight is 445 g/mol. The van der Waals surface area contributed by atoms with Crippen LogP contribution < -0.4 is 15.7 Å². The maximum Gasteiger partial charge on any atom is 0.374 e.